The molecule has 0 aromatic carbocycles. The summed E-state index contributed by atoms with van der Waals surface area (Å²) in [5.41, 5.74) is 5.63. The fourth-order valence-electron chi connectivity index (χ4n) is 5.75. The van der Waals surface area contributed by atoms with E-state index in [0.717, 1.165) is 44.9 Å². The van der Waals surface area contributed by atoms with Gasteiger partial charge in [-0.15, -0.1) is 11.3 Å². The Morgan fingerprint density at radius 2 is 2.00 bits per heavy atom. The van der Waals surface area contributed by atoms with Gasteiger partial charge in [-0.2, -0.15) is 0 Å². The lowest BCUT2D eigenvalue weighted by Gasteiger charge is -2.44. The number of hydrogen-bond donors (Lipinski definition) is 2. The summed E-state index contributed by atoms with van der Waals surface area (Å²) in [6.07, 6.45) is 10.8. The summed E-state index contributed by atoms with van der Waals surface area (Å²) in [6.45, 7) is 4.32. The number of nitrogens with one attached hydrogen (secondary N) is 1. The molecular weight excluding hydrogens is 436 g/mol. The molecule has 184 valence electrons. The number of rotatable bonds is 9. The average molecular weight is 477 g/mol. The molecule has 7 nitrogen and oxygen atoms in total. The van der Waals surface area contributed by atoms with E-state index >= 15 is 0 Å². The van der Waals surface area contributed by atoms with E-state index in [4.69, 9.17) is 10.5 Å². The molecule has 33 heavy (non-hydrogen) atoms. The fraction of sp³-hybridized carbons (Fsp3) is 0.760. The number of ether oxygens (including phenoxy) is 1. The summed E-state index contributed by atoms with van der Waals surface area (Å²) in [5.74, 6) is 0.620. The SMILES string of the molecule is NCCNC(=O)[C@H]1CC(N(CC2CCCCC2)CC2CCCO2)CCN1C(=O)c1cccs1. The molecule has 3 heterocycles. The van der Waals surface area contributed by atoms with Gasteiger partial charge in [-0.25, -0.2) is 0 Å². The Labute approximate surface area is 202 Å². The van der Waals surface area contributed by atoms with Crippen molar-refractivity contribution < 1.29 is 14.3 Å². The van der Waals surface area contributed by atoms with E-state index < -0.39 is 6.04 Å². The highest BCUT2D eigenvalue weighted by Gasteiger charge is 2.39. The maximum atomic E-state index is 13.2. The van der Waals surface area contributed by atoms with Crippen molar-refractivity contribution >= 4 is 23.2 Å². The van der Waals surface area contributed by atoms with Crippen molar-refractivity contribution in [1.29, 1.82) is 0 Å². The Balaban J connectivity index is 1.49. The molecule has 3 fully saturated rings. The summed E-state index contributed by atoms with van der Waals surface area (Å²) in [7, 11) is 0. The number of carbonyl (C=O) groups excluding carboxylic acids is 2. The predicted octanol–water partition coefficient (Wildman–Crippen LogP) is 2.86. The summed E-state index contributed by atoms with van der Waals surface area (Å²) in [6, 6.07) is 3.57. The Bertz CT molecular complexity index is 747. The highest BCUT2D eigenvalue weighted by molar-refractivity contribution is 7.12. The molecule has 1 saturated carbocycles. The number of amides is 2. The number of carbonyl (C=O) groups is 2. The van der Waals surface area contributed by atoms with Gasteiger partial charge in [0.1, 0.15) is 6.04 Å². The largest absolute Gasteiger partial charge is 0.377 e. The van der Waals surface area contributed by atoms with E-state index in [2.05, 4.69) is 10.2 Å². The van der Waals surface area contributed by atoms with Crippen LogP contribution in [-0.4, -0.2) is 79.1 Å². The first-order valence-electron chi connectivity index (χ1n) is 12.8. The van der Waals surface area contributed by atoms with Crippen LogP contribution in [0.3, 0.4) is 0 Å². The van der Waals surface area contributed by atoms with Crippen LogP contribution in [0.4, 0.5) is 0 Å². The molecule has 2 aliphatic heterocycles. The van der Waals surface area contributed by atoms with Gasteiger partial charge in [-0.05, 0) is 55.9 Å². The van der Waals surface area contributed by atoms with Gasteiger partial charge in [0.25, 0.3) is 5.91 Å². The summed E-state index contributed by atoms with van der Waals surface area (Å²) in [5, 5.41) is 4.86. The Kier molecular flexibility index (Phi) is 9.18. The molecule has 3 atom stereocenters. The van der Waals surface area contributed by atoms with Gasteiger partial charge in [0.15, 0.2) is 0 Å². The Morgan fingerprint density at radius 3 is 2.70 bits per heavy atom. The molecule has 8 heteroatoms. The zero-order valence-electron chi connectivity index (χ0n) is 19.8. The molecule has 1 aromatic rings. The van der Waals surface area contributed by atoms with Crippen LogP contribution in [0, 0.1) is 5.92 Å². The van der Waals surface area contributed by atoms with Crippen molar-refractivity contribution in [1.82, 2.24) is 15.1 Å². The predicted molar refractivity (Wildman–Crippen MR) is 131 cm³/mol. The van der Waals surface area contributed by atoms with E-state index in [1.54, 1.807) is 4.90 Å². The maximum Gasteiger partial charge on any atom is 0.264 e. The minimum atomic E-state index is -0.455. The maximum absolute atomic E-state index is 13.2. The normalized spacial score (nSPS) is 26.6. The van der Waals surface area contributed by atoms with E-state index in [0.29, 0.717) is 37.0 Å². The summed E-state index contributed by atoms with van der Waals surface area (Å²) < 4.78 is 6.00. The highest BCUT2D eigenvalue weighted by atomic mass is 32.1. The van der Waals surface area contributed by atoms with E-state index in [9.17, 15) is 9.59 Å². The van der Waals surface area contributed by atoms with Gasteiger partial charge in [-0.3, -0.25) is 14.5 Å². The number of nitrogens with zero attached hydrogens (tertiary/aromatic N) is 2. The van der Waals surface area contributed by atoms with Crippen LogP contribution >= 0.6 is 11.3 Å². The van der Waals surface area contributed by atoms with Crippen LogP contribution < -0.4 is 11.1 Å². The second kappa shape index (κ2) is 12.3. The van der Waals surface area contributed by atoms with Gasteiger partial charge in [-0.1, -0.05) is 25.3 Å². The van der Waals surface area contributed by atoms with Gasteiger partial charge in [0.05, 0.1) is 11.0 Å². The van der Waals surface area contributed by atoms with Gasteiger partial charge in [0.2, 0.25) is 5.91 Å². The second-order valence-electron chi connectivity index (χ2n) is 9.84. The first-order chi connectivity index (χ1) is 16.2. The molecule has 2 unspecified atom stereocenters. The molecule has 0 spiro atoms. The highest BCUT2D eigenvalue weighted by Crippen LogP contribution is 2.30. The molecule has 1 aliphatic carbocycles. The van der Waals surface area contributed by atoms with Crippen LogP contribution in [-0.2, 0) is 9.53 Å². The van der Waals surface area contributed by atoms with E-state index in [-0.39, 0.29) is 17.9 Å². The minimum Gasteiger partial charge on any atom is -0.377 e. The van der Waals surface area contributed by atoms with Crippen molar-refractivity contribution in [2.24, 2.45) is 11.7 Å². The van der Waals surface area contributed by atoms with Crippen LogP contribution in [0.5, 0.6) is 0 Å². The second-order valence-corrected chi connectivity index (χ2v) is 10.8. The number of thiophene rings is 1. The molecular formula is C25H40N4O3S. The average Bonchev–Trinajstić information content (AvgIpc) is 3.57. The number of likely N-dealkylation sites (tertiary alicyclic amines) is 1. The van der Waals surface area contributed by atoms with Crippen LogP contribution in [0.1, 0.15) is 67.5 Å². The Morgan fingerprint density at radius 1 is 1.15 bits per heavy atom. The van der Waals surface area contributed by atoms with Crippen molar-refractivity contribution in [3.05, 3.63) is 22.4 Å². The van der Waals surface area contributed by atoms with Crippen molar-refractivity contribution in [3.8, 4) is 0 Å². The Hall–Kier alpha value is -1.48. The van der Waals surface area contributed by atoms with Crippen molar-refractivity contribution in [2.45, 2.75) is 76.0 Å². The smallest absolute Gasteiger partial charge is 0.264 e. The standard InChI is InChI=1S/C25H40N4O3S/c26-11-12-27-24(30)22-16-20(10-13-29(22)25(31)23-9-5-15-33-23)28(18-21-8-4-14-32-21)17-19-6-2-1-3-7-19/h5,9,15,19-22H,1-4,6-8,10-14,16-18,26H2,(H,27,30)/t20?,21?,22-/m1/s1. The lowest BCUT2D eigenvalue weighted by atomic mass is 9.87. The monoisotopic (exact) mass is 476 g/mol. The van der Waals surface area contributed by atoms with Gasteiger partial charge < -0.3 is 20.7 Å². The van der Waals surface area contributed by atoms with Gasteiger partial charge in [0, 0.05) is 45.4 Å². The topological polar surface area (TPSA) is 87.9 Å². The van der Waals surface area contributed by atoms with E-state index in [1.807, 2.05) is 17.5 Å². The number of nitrogens with two attached hydrogens (primary N) is 1. The first kappa shape index (κ1) is 24.6. The third-order valence-corrected chi connectivity index (χ3v) is 8.37. The molecule has 0 bridgehead atoms. The van der Waals surface area contributed by atoms with Crippen LogP contribution in [0.15, 0.2) is 17.5 Å². The lowest BCUT2D eigenvalue weighted by Crippen LogP contribution is -2.58. The molecule has 2 saturated heterocycles. The summed E-state index contributed by atoms with van der Waals surface area (Å²) >= 11 is 1.44. The van der Waals surface area contributed by atoms with E-state index in [1.165, 1.54) is 43.4 Å². The third kappa shape index (κ3) is 6.56. The molecule has 4 rings (SSSR count). The molecule has 1 aromatic heterocycles. The zero-order valence-corrected chi connectivity index (χ0v) is 20.6. The quantitative estimate of drug-likeness (QED) is 0.572. The lowest BCUT2D eigenvalue weighted by molar-refractivity contribution is -0.127. The van der Waals surface area contributed by atoms with Gasteiger partial charge >= 0.3 is 0 Å². The van der Waals surface area contributed by atoms with Crippen molar-refractivity contribution in [2.75, 3.05) is 39.3 Å². The summed E-state index contributed by atoms with van der Waals surface area (Å²) in [4.78, 5) is 31.5. The number of piperidine rings is 1. The zero-order chi connectivity index (χ0) is 23.0. The minimum absolute atomic E-state index is 0.0331. The third-order valence-electron chi connectivity index (χ3n) is 7.51. The molecule has 3 aliphatic rings. The molecule has 3 N–H and O–H groups in total. The fourth-order valence-corrected chi connectivity index (χ4v) is 6.43. The number of hydrogen-bond acceptors (Lipinski definition) is 6. The van der Waals surface area contributed by atoms with Crippen LogP contribution in [0.2, 0.25) is 0 Å². The van der Waals surface area contributed by atoms with Crippen molar-refractivity contribution in [3.63, 3.8) is 0 Å². The molecule has 2 amide bonds. The van der Waals surface area contributed by atoms with Crippen LogP contribution in [0.25, 0.3) is 0 Å². The first-order valence-corrected chi connectivity index (χ1v) is 13.7. The molecule has 0 radical (unpaired) electrons.